The molecule has 2 aliphatic rings. The molecule has 0 spiro atoms. The highest BCUT2D eigenvalue weighted by Crippen LogP contribution is 2.49. The fourth-order valence-electron chi connectivity index (χ4n) is 5.46. The van der Waals surface area contributed by atoms with E-state index in [2.05, 4.69) is 0 Å². The lowest BCUT2D eigenvalue weighted by Crippen LogP contribution is -2.37. The second-order valence-corrected chi connectivity index (χ2v) is 9.30. The van der Waals surface area contributed by atoms with Gasteiger partial charge in [0.25, 0.3) is 17.3 Å². The first-order valence-corrected chi connectivity index (χ1v) is 11.5. The number of nitro benzene ring substituents is 2. The van der Waals surface area contributed by atoms with E-state index in [0.717, 1.165) is 10.6 Å². The van der Waals surface area contributed by atoms with Crippen LogP contribution in [0.3, 0.4) is 0 Å². The fraction of sp³-hybridized carbons (Fsp3) is 0.167. The number of amides is 1. The molecular weight excluding hydrogens is 506 g/mol. The highest BCUT2D eigenvalue weighted by Gasteiger charge is 2.49. The van der Waals surface area contributed by atoms with Gasteiger partial charge in [0.2, 0.25) is 5.88 Å². The number of carbonyl (C=O) groups excluding carboxylic acids is 1. The average Bonchev–Trinajstić information content (AvgIpc) is 3.54. The Morgan fingerprint density at radius 3 is 2.41 bits per heavy atom. The van der Waals surface area contributed by atoms with Crippen LogP contribution in [-0.4, -0.2) is 41.4 Å². The summed E-state index contributed by atoms with van der Waals surface area (Å²) in [6, 6.07) is 12.0. The third-order valence-electron chi connectivity index (χ3n) is 7.02. The van der Waals surface area contributed by atoms with Crippen LogP contribution in [0.2, 0.25) is 5.02 Å². The molecule has 13 heteroatoms. The number of hydrogen-bond acceptors (Lipinski definition) is 7. The molecule has 0 aliphatic carbocycles. The van der Waals surface area contributed by atoms with E-state index in [9.17, 15) is 34.9 Å². The van der Waals surface area contributed by atoms with E-state index in [4.69, 9.17) is 11.6 Å². The van der Waals surface area contributed by atoms with Crippen LogP contribution in [0.1, 0.15) is 34.6 Å². The molecule has 2 bridgehead atoms. The van der Waals surface area contributed by atoms with E-state index >= 15 is 0 Å². The lowest BCUT2D eigenvalue weighted by molar-refractivity contribution is -0.384. The van der Waals surface area contributed by atoms with Gasteiger partial charge in [-0.1, -0.05) is 29.8 Å². The number of benzene rings is 3. The quantitative estimate of drug-likeness (QED) is 0.313. The smallest absolute Gasteiger partial charge is 0.336 e. The lowest BCUT2D eigenvalue weighted by atomic mass is 10.1. The largest absolute Gasteiger partial charge is 0.493 e. The normalized spacial score (nSPS) is 17.8. The summed E-state index contributed by atoms with van der Waals surface area (Å²) in [5, 5.41) is 34.6. The molecule has 1 aromatic heterocycles. The summed E-state index contributed by atoms with van der Waals surface area (Å²) in [5.74, 6) is -0.852. The molecule has 1 fully saturated rings. The molecule has 1 N–H and O–H groups in total. The van der Waals surface area contributed by atoms with Crippen molar-refractivity contribution in [3.63, 3.8) is 0 Å². The molecule has 4 aromatic rings. The van der Waals surface area contributed by atoms with E-state index in [0.29, 0.717) is 17.2 Å². The Labute approximate surface area is 211 Å². The first-order valence-electron chi connectivity index (χ1n) is 11.2. The molecule has 3 heterocycles. The van der Waals surface area contributed by atoms with E-state index in [1.165, 1.54) is 33.7 Å². The number of imidazole rings is 1. The van der Waals surface area contributed by atoms with Crippen LogP contribution in [-0.2, 0) is 0 Å². The number of nitrogens with zero attached hydrogens (tertiary/aromatic N) is 5. The molecule has 3 aromatic carbocycles. The van der Waals surface area contributed by atoms with Gasteiger partial charge in [0, 0.05) is 29.6 Å². The van der Waals surface area contributed by atoms with Crippen molar-refractivity contribution in [2.24, 2.45) is 0 Å². The van der Waals surface area contributed by atoms with Crippen LogP contribution in [0.5, 0.6) is 5.88 Å². The number of halogens is 1. The lowest BCUT2D eigenvalue weighted by Gasteiger charge is -2.27. The van der Waals surface area contributed by atoms with Crippen molar-refractivity contribution in [3.05, 3.63) is 102 Å². The first kappa shape index (κ1) is 22.7. The SMILES string of the molecule is O=C(c1ccc(Cl)c([N+](=O)[O-])c1)N1C[C@@H]2C[C@H]1c1c(O)n(-c3ccc([N+](=O)[O-])c4ccccc34)c(=O)n12. The summed E-state index contributed by atoms with van der Waals surface area (Å²) in [7, 11) is 0. The zero-order chi connectivity index (χ0) is 26.2. The molecule has 0 radical (unpaired) electrons. The first-order chi connectivity index (χ1) is 17.7. The second kappa shape index (κ2) is 7.90. The van der Waals surface area contributed by atoms with Crippen LogP contribution in [0, 0.1) is 20.2 Å². The van der Waals surface area contributed by atoms with Crippen molar-refractivity contribution in [1.82, 2.24) is 14.0 Å². The molecule has 1 amide bonds. The summed E-state index contributed by atoms with van der Waals surface area (Å²) >= 11 is 5.88. The minimum atomic E-state index is -0.673. The van der Waals surface area contributed by atoms with Gasteiger partial charge in [0.1, 0.15) is 10.7 Å². The molecule has 6 rings (SSSR count). The topological polar surface area (TPSA) is 154 Å². The standard InChI is InChI=1S/C24H16ClN5O7/c25-16-6-5-12(9-19(16)30(36)37)22(31)26-11-13-10-20(26)21-23(32)28(24(33)27(13)21)17-7-8-18(29(34)35)15-4-2-1-3-14(15)17/h1-9,13,20,32H,10-11H2/t13-,20-/m0/s1. The number of fused-ring (bicyclic) bond motifs is 6. The van der Waals surface area contributed by atoms with Gasteiger partial charge in [-0.2, -0.15) is 0 Å². The number of non-ortho nitro benzene ring substituents is 1. The Kier molecular flexibility index (Phi) is 4.85. The van der Waals surface area contributed by atoms with Crippen molar-refractivity contribution in [1.29, 1.82) is 0 Å². The summed E-state index contributed by atoms with van der Waals surface area (Å²) < 4.78 is 2.55. The molecule has 2 aliphatic heterocycles. The van der Waals surface area contributed by atoms with Crippen LogP contribution in [0.15, 0.2) is 59.4 Å². The Morgan fingerprint density at radius 1 is 1.00 bits per heavy atom. The Bertz CT molecular complexity index is 1740. The van der Waals surface area contributed by atoms with Crippen LogP contribution < -0.4 is 5.69 Å². The summed E-state index contributed by atoms with van der Waals surface area (Å²) in [5.41, 5.74) is -0.455. The molecular formula is C24H16ClN5O7. The number of aromatic hydroxyl groups is 1. The second-order valence-electron chi connectivity index (χ2n) is 8.89. The van der Waals surface area contributed by atoms with Gasteiger partial charge in [-0.05, 0) is 30.7 Å². The predicted molar refractivity (Wildman–Crippen MR) is 131 cm³/mol. The van der Waals surface area contributed by atoms with E-state index in [1.54, 1.807) is 24.3 Å². The van der Waals surface area contributed by atoms with E-state index in [1.807, 2.05) is 0 Å². The number of aromatic nitrogens is 2. The molecule has 1 saturated heterocycles. The van der Waals surface area contributed by atoms with Crippen molar-refractivity contribution in [3.8, 4) is 11.6 Å². The zero-order valence-corrected chi connectivity index (χ0v) is 19.5. The van der Waals surface area contributed by atoms with Crippen LogP contribution in [0.25, 0.3) is 16.5 Å². The van der Waals surface area contributed by atoms with Gasteiger partial charge < -0.3 is 10.0 Å². The maximum atomic E-state index is 13.5. The Balaban J connectivity index is 1.45. The predicted octanol–water partition coefficient (Wildman–Crippen LogP) is 4.11. The molecule has 186 valence electrons. The number of hydrogen-bond donors (Lipinski definition) is 1. The van der Waals surface area contributed by atoms with Gasteiger partial charge in [-0.25, -0.2) is 9.36 Å². The van der Waals surface area contributed by atoms with E-state index < -0.39 is 39.2 Å². The van der Waals surface area contributed by atoms with Gasteiger partial charge in [-0.3, -0.25) is 29.6 Å². The number of nitro groups is 2. The zero-order valence-electron chi connectivity index (χ0n) is 18.8. The Morgan fingerprint density at radius 2 is 1.70 bits per heavy atom. The summed E-state index contributed by atoms with van der Waals surface area (Å²) in [6.45, 7) is 0.178. The molecule has 12 nitrogen and oxygen atoms in total. The van der Waals surface area contributed by atoms with Crippen molar-refractivity contribution >= 4 is 39.7 Å². The maximum Gasteiger partial charge on any atom is 0.336 e. The molecule has 0 unspecified atom stereocenters. The molecule has 2 atom stereocenters. The summed E-state index contributed by atoms with van der Waals surface area (Å²) in [4.78, 5) is 49.8. The highest BCUT2D eigenvalue weighted by molar-refractivity contribution is 6.32. The van der Waals surface area contributed by atoms with Crippen LogP contribution >= 0.6 is 11.6 Å². The minimum absolute atomic E-state index is 0.0674. The molecule has 37 heavy (non-hydrogen) atoms. The monoisotopic (exact) mass is 521 g/mol. The fourth-order valence-corrected chi connectivity index (χ4v) is 5.65. The maximum absolute atomic E-state index is 13.5. The molecule has 0 saturated carbocycles. The number of likely N-dealkylation sites (tertiary alicyclic amines) is 1. The number of carbonyl (C=O) groups is 1. The minimum Gasteiger partial charge on any atom is -0.493 e. The summed E-state index contributed by atoms with van der Waals surface area (Å²) in [6.07, 6.45) is 0.404. The van der Waals surface area contributed by atoms with Crippen molar-refractivity contribution in [2.45, 2.75) is 18.5 Å². The van der Waals surface area contributed by atoms with Gasteiger partial charge in [-0.15, -0.1) is 0 Å². The van der Waals surface area contributed by atoms with E-state index in [-0.39, 0.29) is 40.1 Å². The third-order valence-corrected chi connectivity index (χ3v) is 7.34. The van der Waals surface area contributed by atoms with Crippen LogP contribution in [0.4, 0.5) is 11.4 Å². The van der Waals surface area contributed by atoms with Gasteiger partial charge in [0.05, 0.1) is 33.0 Å². The van der Waals surface area contributed by atoms with Gasteiger partial charge >= 0.3 is 5.69 Å². The van der Waals surface area contributed by atoms with Crippen molar-refractivity contribution < 1.29 is 19.7 Å². The third kappa shape index (κ3) is 3.15. The average molecular weight is 522 g/mol. The Hall–Kier alpha value is -4.71. The van der Waals surface area contributed by atoms with Crippen molar-refractivity contribution in [2.75, 3.05) is 6.54 Å². The van der Waals surface area contributed by atoms with Gasteiger partial charge in [0.15, 0.2) is 0 Å². The number of rotatable bonds is 4. The highest BCUT2D eigenvalue weighted by atomic mass is 35.5.